The molecule has 4 heteroatoms. The van der Waals surface area contributed by atoms with Crippen molar-refractivity contribution >= 4 is 24.2 Å². The molecule has 2 nitrogen and oxygen atoms in total. The first kappa shape index (κ1) is 9.61. The van der Waals surface area contributed by atoms with Gasteiger partial charge in [0, 0.05) is 10.5 Å². The molecular weight excluding hydrogens is 222 g/mol. The van der Waals surface area contributed by atoms with Crippen LogP contribution in [0.15, 0.2) is 48.5 Å². The first-order valence-electron chi connectivity index (χ1n) is 5.01. The van der Waals surface area contributed by atoms with Crippen LogP contribution in [0.3, 0.4) is 0 Å². The molecule has 2 aromatic carbocycles. The largest absolute Gasteiger partial charge is 0.632 e. The van der Waals surface area contributed by atoms with Gasteiger partial charge in [-0.2, -0.15) is 0 Å². The van der Waals surface area contributed by atoms with Gasteiger partial charge in [-0.1, -0.05) is 35.9 Å². The molecule has 1 heterocycles. The zero-order valence-electron chi connectivity index (χ0n) is 8.39. The van der Waals surface area contributed by atoms with Crippen molar-refractivity contribution in [3.8, 4) is 11.5 Å². The third-order valence-corrected chi connectivity index (χ3v) is 2.71. The van der Waals surface area contributed by atoms with Gasteiger partial charge in [0.2, 0.25) is 0 Å². The van der Waals surface area contributed by atoms with Gasteiger partial charge in [-0.05, 0) is 24.3 Å². The van der Waals surface area contributed by atoms with Gasteiger partial charge in [0.15, 0.2) is 0 Å². The normalized spacial score (nSPS) is 12.9. The SMILES string of the molecule is Clc1ccc(B2Oc3ccccc3O2)cc1. The molecule has 0 aliphatic carbocycles. The summed E-state index contributed by atoms with van der Waals surface area (Å²) in [7, 11) is -0.366. The van der Waals surface area contributed by atoms with E-state index in [9.17, 15) is 0 Å². The molecule has 0 fully saturated rings. The van der Waals surface area contributed by atoms with E-state index in [1.807, 2.05) is 48.5 Å². The number of hydrogen-bond acceptors (Lipinski definition) is 2. The molecule has 16 heavy (non-hydrogen) atoms. The quantitative estimate of drug-likeness (QED) is 0.701. The van der Waals surface area contributed by atoms with E-state index in [2.05, 4.69) is 0 Å². The summed E-state index contributed by atoms with van der Waals surface area (Å²) < 4.78 is 11.3. The maximum Gasteiger partial charge on any atom is 0.632 e. The summed E-state index contributed by atoms with van der Waals surface area (Å²) in [6, 6.07) is 15.1. The Morgan fingerprint density at radius 2 is 1.38 bits per heavy atom. The number of para-hydroxylation sites is 2. The molecule has 0 amide bonds. The number of halogens is 1. The van der Waals surface area contributed by atoms with E-state index < -0.39 is 0 Å². The first-order chi connectivity index (χ1) is 7.83. The zero-order valence-corrected chi connectivity index (χ0v) is 9.15. The Kier molecular flexibility index (Phi) is 2.26. The van der Waals surface area contributed by atoms with Gasteiger partial charge in [-0.3, -0.25) is 0 Å². The van der Waals surface area contributed by atoms with Gasteiger partial charge in [0.1, 0.15) is 11.5 Å². The minimum absolute atomic E-state index is 0.366. The molecule has 1 aliphatic rings. The summed E-state index contributed by atoms with van der Waals surface area (Å²) in [5, 5.41) is 0.708. The van der Waals surface area contributed by atoms with E-state index in [-0.39, 0.29) is 7.12 Å². The van der Waals surface area contributed by atoms with Gasteiger partial charge in [-0.25, -0.2) is 0 Å². The van der Waals surface area contributed by atoms with Crippen LogP contribution in [0.25, 0.3) is 0 Å². The summed E-state index contributed by atoms with van der Waals surface area (Å²) in [5.74, 6) is 1.56. The average Bonchev–Trinajstić information content (AvgIpc) is 2.73. The van der Waals surface area contributed by atoms with Gasteiger partial charge < -0.3 is 9.31 Å². The highest BCUT2D eigenvalue weighted by atomic mass is 35.5. The third-order valence-electron chi connectivity index (χ3n) is 2.46. The molecule has 0 spiro atoms. The van der Waals surface area contributed by atoms with Crippen LogP contribution >= 0.6 is 11.6 Å². The summed E-state index contributed by atoms with van der Waals surface area (Å²) in [6.45, 7) is 0. The zero-order chi connectivity index (χ0) is 11.0. The maximum absolute atomic E-state index is 5.83. The van der Waals surface area contributed by atoms with E-state index in [1.165, 1.54) is 0 Å². The molecule has 0 radical (unpaired) electrons. The van der Waals surface area contributed by atoms with Gasteiger partial charge in [-0.15, -0.1) is 0 Å². The molecule has 0 saturated carbocycles. The Balaban J connectivity index is 1.88. The standard InChI is InChI=1S/C12H8BClO2/c14-10-7-5-9(6-8-10)13-15-11-3-1-2-4-12(11)16-13/h1-8H. The Labute approximate surface area is 98.9 Å². The highest BCUT2D eigenvalue weighted by Gasteiger charge is 2.33. The Bertz CT molecular complexity index is 488. The van der Waals surface area contributed by atoms with Crippen molar-refractivity contribution in [1.29, 1.82) is 0 Å². The lowest BCUT2D eigenvalue weighted by Gasteiger charge is -2.04. The first-order valence-corrected chi connectivity index (χ1v) is 5.38. The Morgan fingerprint density at radius 3 is 1.94 bits per heavy atom. The molecule has 78 valence electrons. The monoisotopic (exact) mass is 230 g/mol. The van der Waals surface area contributed by atoms with Crippen LogP contribution < -0.4 is 14.8 Å². The van der Waals surface area contributed by atoms with Crippen molar-refractivity contribution < 1.29 is 9.31 Å². The summed E-state index contributed by atoms with van der Waals surface area (Å²) >= 11 is 5.83. The lowest BCUT2D eigenvalue weighted by atomic mass is 9.79. The number of benzene rings is 2. The molecule has 2 aromatic rings. The summed E-state index contributed by atoms with van der Waals surface area (Å²) in [4.78, 5) is 0. The lowest BCUT2D eigenvalue weighted by molar-refractivity contribution is 0.519. The minimum Gasteiger partial charge on any atom is -0.519 e. The molecule has 0 unspecified atom stereocenters. The van der Waals surface area contributed by atoms with Crippen LogP contribution in [-0.4, -0.2) is 7.12 Å². The van der Waals surface area contributed by atoms with Crippen molar-refractivity contribution in [2.75, 3.05) is 0 Å². The van der Waals surface area contributed by atoms with Crippen molar-refractivity contribution in [3.05, 3.63) is 53.6 Å². The van der Waals surface area contributed by atoms with Gasteiger partial charge in [0.05, 0.1) is 0 Å². The smallest absolute Gasteiger partial charge is 0.519 e. The summed E-state index contributed by atoms with van der Waals surface area (Å²) in [6.07, 6.45) is 0. The predicted molar refractivity (Wildman–Crippen MR) is 64.5 cm³/mol. The molecule has 0 saturated heterocycles. The molecule has 3 rings (SSSR count). The molecule has 1 aliphatic heterocycles. The second kappa shape index (κ2) is 3.76. The number of fused-ring (bicyclic) bond motifs is 1. The number of rotatable bonds is 1. The average molecular weight is 230 g/mol. The fourth-order valence-corrected chi connectivity index (χ4v) is 1.78. The van der Waals surface area contributed by atoms with Gasteiger partial charge in [0.25, 0.3) is 0 Å². The van der Waals surface area contributed by atoms with Crippen molar-refractivity contribution in [1.82, 2.24) is 0 Å². The topological polar surface area (TPSA) is 18.5 Å². The second-order valence-electron chi connectivity index (χ2n) is 3.57. The third kappa shape index (κ3) is 1.63. The maximum atomic E-state index is 5.83. The van der Waals surface area contributed by atoms with Crippen molar-refractivity contribution in [3.63, 3.8) is 0 Å². The van der Waals surface area contributed by atoms with E-state index in [0.29, 0.717) is 5.02 Å². The van der Waals surface area contributed by atoms with E-state index in [1.54, 1.807) is 0 Å². The Morgan fingerprint density at radius 1 is 0.812 bits per heavy atom. The lowest BCUT2D eigenvalue weighted by Crippen LogP contribution is -2.38. The van der Waals surface area contributed by atoms with Crippen LogP contribution in [0.2, 0.25) is 5.02 Å². The summed E-state index contributed by atoms with van der Waals surface area (Å²) in [5.41, 5.74) is 0.959. The van der Waals surface area contributed by atoms with Crippen LogP contribution in [0, 0.1) is 0 Å². The van der Waals surface area contributed by atoms with Crippen molar-refractivity contribution in [2.45, 2.75) is 0 Å². The molecule has 0 N–H and O–H groups in total. The molecule has 0 aromatic heterocycles. The van der Waals surface area contributed by atoms with Crippen molar-refractivity contribution in [2.24, 2.45) is 0 Å². The number of hydrogen-bond donors (Lipinski definition) is 0. The van der Waals surface area contributed by atoms with E-state index >= 15 is 0 Å². The molecule has 0 bridgehead atoms. The van der Waals surface area contributed by atoms with Crippen LogP contribution in [-0.2, 0) is 0 Å². The van der Waals surface area contributed by atoms with Crippen LogP contribution in [0.4, 0.5) is 0 Å². The van der Waals surface area contributed by atoms with E-state index in [0.717, 1.165) is 17.0 Å². The van der Waals surface area contributed by atoms with Crippen LogP contribution in [0.1, 0.15) is 0 Å². The second-order valence-corrected chi connectivity index (χ2v) is 4.00. The fraction of sp³-hybridized carbons (Fsp3) is 0. The van der Waals surface area contributed by atoms with Crippen LogP contribution in [0.5, 0.6) is 11.5 Å². The van der Waals surface area contributed by atoms with E-state index in [4.69, 9.17) is 20.9 Å². The van der Waals surface area contributed by atoms with Gasteiger partial charge >= 0.3 is 7.12 Å². The predicted octanol–water partition coefficient (Wildman–Crippen LogP) is 2.51. The highest BCUT2D eigenvalue weighted by Crippen LogP contribution is 2.32. The highest BCUT2D eigenvalue weighted by molar-refractivity contribution is 6.63. The molecular formula is C12H8BClO2. The molecule has 0 atom stereocenters. The minimum atomic E-state index is -0.366. The fourth-order valence-electron chi connectivity index (χ4n) is 1.66. The Hall–Kier alpha value is -1.61.